The zero-order valence-corrected chi connectivity index (χ0v) is 17.4. The number of methoxy groups -OCH3 is 2. The zero-order chi connectivity index (χ0) is 20.1. The summed E-state index contributed by atoms with van der Waals surface area (Å²) in [6.07, 6.45) is 2.47. The number of rotatable bonds is 6. The van der Waals surface area contributed by atoms with Gasteiger partial charge in [-0.3, -0.25) is 0 Å². The number of para-hydroxylation sites is 2. The zero-order valence-electron chi connectivity index (χ0n) is 17.4. The predicted molar refractivity (Wildman–Crippen MR) is 113 cm³/mol. The van der Waals surface area contributed by atoms with Crippen LogP contribution in [0.15, 0.2) is 24.3 Å². The van der Waals surface area contributed by atoms with Crippen LogP contribution in [0.5, 0.6) is 5.75 Å². The molecule has 0 radical (unpaired) electrons. The van der Waals surface area contributed by atoms with E-state index in [2.05, 4.69) is 21.9 Å². The molecule has 0 atom stereocenters. The van der Waals surface area contributed by atoms with E-state index in [0.29, 0.717) is 6.61 Å². The van der Waals surface area contributed by atoms with Gasteiger partial charge in [0.1, 0.15) is 17.4 Å². The largest absolute Gasteiger partial charge is 0.495 e. The molecule has 0 unspecified atom stereocenters. The first kappa shape index (κ1) is 19.9. The summed E-state index contributed by atoms with van der Waals surface area (Å²) < 4.78 is 16.5. The SMILES string of the molecule is COCCc1nc2c(c(N3CCN(c4ccccc4OC)CC3)n1)CCOCC2. The highest BCUT2D eigenvalue weighted by atomic mass is 16.5. The van der Waals surface area contributed by atoms with Crippen LogP contribution in [0, 0.1) is 0 Å². The quantitative estimate of drug-likeness (QED) is 0.739. The fourth-order valence-electron chi connectivity index (χ4n) is 4.09. The molecule has 2 aliphatic heterocycles. The van der Waals surface area contributed by atoms with E-state index in [-0.39, 0.29) is 0 Å². The molecule has 0 aliphatic carbocycles. The Bertz CT molecular complexity index is 822. The van der Waals surface area contributed by atoms with Gasteiger partial charge in [-0.15, -0.1) is 0 Å². The molecule has 156 valence electrons. The second-order valence-corrected chi connectivity index (χ2v) is 7.39. The summed E-state index contributed by atoms with van der Waals surface area (Å²) in [4.78, 5) is 14.6. The van der Waals surface area contributed by atoms with E-state index in [4.69, 9.17) is 24.2 Å². The summed E-state index contributed by atoms with van der Waals surface area (Å²) in [5, 5.41) is 0. The van der Waals surface area contributed by atoms with Gasteiger partial charge in [-0.1, -0.05) is 12.1 Å². The fraction of sp³-hybridized carbons (Fsp3) is 0.545. The molecule has 2 aliphatic rings. The number of aromatic nitrogens is 2. The molecule has 1 aromatic heterocycles. The van der Waals surface area contributed by atoms with E-state index in [9.17, 15) is 0 Å². The Hall–Kier alpha value is -2.38. The van der Waals surface area contributed by atoms with Crippen LogP contribution in [0.25, 0.3) is 0 Å². The Morgan fingerprint density at radius 2 is 1.72 bits per heavy atom. The molecule has 1 fully saturated rings. The lowest BCUT2D eigenvalue weighted by atomic mass is 10.1. The molecule has 1 aromatic carbocycles. The van der Waals surface area contributed by atoms with E-state index in [0.717, 1.165) is 87.4 Å². The van der Waals surface area contributed by atoms with Crippen molar-refractivity contribution >= 4 is 11.5 Å². The van der Waals surface area contributed by atoms with Crippen LogP contribution in [0.3, 0.4) is 0 Å². The van der Waals surface area contributed by atoms with Crippen molar-refractivity contribution in [2.45, 2.75) is 19.3 Å². The van der Waals surface area contributed by atoms with Crippen LogP contribution < -0.4 is 14.5 Å². The number of hydrogen-bond donors (Lipinski definition) is 0. The average molecular weight is 399 g/mol. The number of fused-ring (bicyclic) bond motifs is 1. The first-order valence-corrected chi connectivity index (χ1v) is 10.4. The third-order valence-corrected chi connectivity index (χ3v) is 5.63. The van der Waals surface area contributed by atoms with Gasteiger partial charge in [0, 0.05) is 58.1 Å². The van der Waals surface area contributed by atoms with E-state index in [1.807, 2.05) is 12.1 Å². The molecule has 1 saturated heterocycles. The predicted octanol–water partition coefficient (Wildman–Crippen LogP) is 2.12. The highest BCUT2D eigenvalue weighted by Crippen LogP contribution is 2.30. The van der Waals surface area contributed by atoms with Crippen molar-refractivity contribution in [3.63, 3.8) is 0 Å². The third-order valence-electron chi connectivity index (χ3n) is 5.63. The highest BCUT2D eigenvalue weighted by Gasteiger charge is 2.25. The molecule has 29 heavy (non-hydrogen) atoms. The van der Waals surface area contributed by atoms with Crippen LogP contribution in [0.4, 0.5) is 11.5 Å². The summed E-state index contributed by atoms with van der Waals surface area (Å²) in [6.45, 7) is 5.82. The number of benzene rings is 1. The normalized spacial score (nSPS) is 17.0. The van der Waals surface area contributed by atoms with Gasteiger partial charge in [0.05, 0.1) is 38.3 Å². The van der Waals surface area contributed by atoms with Crippen molar-refractivity contribution in [3.05, 3.63) is 41.3 Å². The Morgan fingerprint density at radius 1 is 0.966 bits per heavy atom. The van der Waals surface area contributed by atoms with Crippen LogP contribution in [0.2, 0.25) is 0 Å². The van der Waals surface area contributed by atoms with Gasteiger partial charge in [-0.25, -0.2) is 9.97 Å². The Morgan fingerprint density at radius 3 is 2.52 bits per heavy atom. The maximum absolute atomic E-state index is 5.71. The van der Waals surface area contributed by atoms with Crippen LogP contribution in [-0.4, -0.2) is 70.2 Å². The maximum atomic E-state index is 5.71. The summed E-state index contributed by atoms with van der Waals surface area (Å²) in [6, 6.07) is 8.23. The lowest BCUT2D eigenvalue weighted by molar-refractivity contribution is 0.146. The molecule has 4 rings (SSSR count). The molecule has 0 N–H and O–H groups in total. The number of piperazine rings is 1. The molecule has 0 saturated carbocycles. The van der Waals surface area contributed by atoms with Crippen molar-refractivity contribution in [3.8, 4) is 5.75 Å². The monoisotopic (exact) mass is 398 g/mol. The van der Waals surface area contributed by atoms with Gasteiger partial charge in [-0.05, 0) is 12.1 Å². The summed E-state index contributed by atoms with van der Waals surface area (Å²) in [5.74, 6) is 2.89. The maximum Gasteiger partial charge on any atom is 0.142 e. The summed E-state index contributed by atoms with van der Waals surface area (Å²) >= 11 is 0. The average Bonchev–Trinajstić information content (AvgIpc) is 3.03. The topological polar surface area (TPSA) is 60.0 Å². The van der Waals surface area contributed by atoms with Gasteiger partial charge in [0.15, 0.2) is 0 Å². The number of nitrogens with zero attached hydrogens (tertiary/aromatic N) is 4. The molecule has 7 nitrogen and oxygen atoms in total. The molecule has 0 amide bonds. The standard InChI is InChI=1S/C22H30N4O3/c1-27-14-9-21-23-18-8-16-29-15-7-17(18)22(24-21)26-12-10-25(11-13-26)19-5-3-4-6-20(19)28-2/h3-6H,7-16H2,1-2H3. The lowest BCUT2D eigenvalue weighted by Crippen LogP contribution is -2.47. The highest BCUT2D eigenvalue weighted by molar-refractivity contribution is 5.60. The molecular weight excluding hydrogens is 368 g/mol. The minimum absolute atomic E-state index is 0.635. The molecule has 0 spiro atoms. The summed E-state index contributed by atoms with van der Waals surface area (Å²) in [7, 11) is 3.45. The van der Waals surface area contributed by atoms with Gasteiger partial charge >= 0.3 is 0 Å². The first-order valence-electron chi connectivity index (χ1n) is 10.4. The number of hydrogen-bond acceptors (Lipinski definition) is 7. The van der Waals surface area contributed by atoms with Gasteiger partial charge < -0.3 is 24.0 Å². The van der Waals surface area contributed by atoms with Crippen molar-refractivity contribution in [2.75, 3.05) is 70.0 Å². The lowest BCUT2D eigenvalue weighted by Gasteiger charge is -2.38. The van der Waals surface area contributed by atoms with E-state index < -0.39 is 0 Å². The minimum Gasteiger partial charge on any atom is -0.495 e. The number of ether oxygens (including phenoxy) is 3. The second-order valence-electron chi connectivity index (χ2n) is 7.39. The summed E-state index contributed by atoms with van der Waals surface area (Å²) in [5.41, 5.74) is 3.56. The van der Waals surface area contributed by atoms with Gasteiger partial charge in [0.2, 0.25) is 0 Å². The van der Waals surface area contributed by atoms with Crippen LogP contribution in [-0.2, 0) is 28.7 Å². The molecule has 3 heterocycles. The Labute approximate surface area is 172 Å². The van der Waals surface area contributed by atoms with Gasteiger partial charge in [0.25, 0.3) is 0 Å². The van der Waals surface area contributed by atoms with Crippen LogP contribution >= 0.6 is 0 Å². The number of anilines is 2. The van der Waals surface area contributed by atoms with Crippen molar-refractivity contribution in [1.82, 2.24) is 9.97 Å². The first-order chi connectivity index (χ1) is 14.3. The molecule has 2 aromatic rings. The Balaban J connectivity index is 1.55. The van der Waals surface area contributed by atoms with Crippen molar-refractivity contribution in [2.24, 2.45) is 0 Å². The second kappa shape index (κ2) is 9.41. The fourth-order valence-corrected chi connectivity index (χ4v) is 4.09. The molecule has 7 heteroatoms. The molecule has 0 bridgehead atoms. The Kier molecular flexibility index (Phi) is 6.46. The minimum atomic E-state index is 0.635. The van der Waals surface area contributed by atoms with Crippen LogP contribution in [0.1, 0.15) is 17.1 Å². The van der Waals surface area contributed by atoms with Gasteiger partial charge in [-0.2, -0.15) is 0 Å². The van der Waals surface area contributed by atoms with E-state index >= 15 is 0 Å². The molecular formula is C22H30N4O3. The third kappa shape index (κ3) is 4.46. The van der Waals surface area contributed by atoms with Crippen molar-refractivity contribution < 1.29 is 14.2 Å². The van der Waals surface area contributed by atoms with E-state index in [1.165, 1.54) is 5.56 Å². The van der Waals surface area contributed by atoms with Crippen molar-refractivity contribution in [1.29, 1.82) is 0 Å². The van der Waals surface area contributed by atoms with E-state index in [1.54, 1.807) is 14.2 Å². The smallest absolute Gasteiger partial charge is 0.142 e.